The van der Waals surface area contributed by atoms with Crippen molar-refractivity contribution in [3.63, 3.8) is 0 Å². The van der Waals surface area contributed by atoms with Crippen LogP contribution in [0.5, 0.6) is 0 Å². The van der Waals surface area contributed by atoms with Gasteiger partial charge >= 0.3 is 0 Å². The molecule has 1 amide bonds. The van der Waals surface area contributed by atoms with Crippen LogP contribution in [0.2, 0.25) is 15.1 Å². The SMILES string of the molecule is NC1(c2ccc(Cl)cc2)C(=O)Nc2cc(Cl)cc(Cl)c21. The molecule has 2 aromatic rings. The summed E-state index contributed by atoms with van der Waals surface area (Å²) in [5.74, 6) is -0.348. The van der Waals surface area contributed by atoms with E-state index in [1.165, 1.54) is 0 Å². The number of fused-ring (bicyclic) bond motifs is 1. The minimum absolute atomic E-state index is 0.348. The first kappa shape index (κ1) is 13.7. The zero-order valence-corrected chi connectivity index (χ0v) is 12.4. The molecular weight excluding hydrogens is 319 g/mol. The van der Waals surface area contributed by atoms with Crippen LogP contribution in [-0.4, -0.2) is 5.91 Å². The van der Waals surface area contributed by atoms with Crippen LogP contribution >= 0.6 is 34.8 Å². The van der Waals surface area contributed by atoms with Gasteiger partial charge in [0.05, 0.1) is 5.02 Å². The molecular formula is C14H9Cl3N2O. The lowest BCUT2D eigenvalue weighted by Gasteiger charge is -2.23. The summed E-state index contributed by atoms with van der Waals surface area (Å²) < 4.78 is 0. The van der Waals surface area contributed by atoms with E-state index >= 15 is 0 Å². The van der Waals surface area contributed by atoms with Gasteiger partial charge in [0, 0.05) is 21.3 Å². The van der Waals surface area contributed by atoms with Crippen molar-refractivity contribution in [1.82, 2.24) is 0 Å². The number of anilines is 1. The van der Waals surface area contributed by atoms with Crippen molar-refractivity contribution in [1.29, 1.82) is 0 Å². The normalized spacial score (nSPS) is 20.7. The highest BCUT2D eigenvalue weighted by Gasteiger charge is 2.46. The fourth-order valence-corrected chi connectivity index (χ4v) is 3.16. The van der Waals surface area contributed by atoms with E-state index < -0.39 is 5.54 Å². The second-order valence-corrected chi connectivity index (χ2v) is 5.86. The first-order chi connectivity index (χ1) is 9.42. The summed E-state index contributed by atoms with van der Waals surface area (Å²) in [6.45, 7) is 0. The smallest absolute Gasteiger partial charge is 0.253 e. The van der Waals surface area contributed by atoms with Gasteiger partial charge in [0.25, 0.3) is 5.91 Å². The van der Waals surface area contributed by atoms with E-state index in [0.29, 0.717) is 31.9 Å². The maximum atomic E-state index is 12.3. The summed E-state index contributed by atoms with van der Waals surface area (Å²) in [7, 11) is 0. The molecule has 1 aliphatic rings. The number of carbonyl (C=O) groups is 1. The Morgan fingerprint density at radius 3 is 2.30 bits per heavy atom. The molecule has 0 aromatic heterocycles. The number of carbonyl (C=O) groups excluding carboxylic acids is 1. The second kappa shape index (κ2) is 4.64. The van der Waals surface area contributed by atoms with Crippen LogP contribution in [0.1, 0.15) is 11.1 Å². The van der Waals surface area contributed by atoms with E-state index in [1.807, 2.05) is 0 Å². The highest BCUT2D eigenvalue weighted by molar-refractivity contribution is 6.37. The van der Waals surface area contributed by atoms with E-state index in [9.17, 15) is 4.79 Å². The summed E-state index contributed by atoms with van der Waals surface area (Å²) >= 11 is 18.0. The number of hydrogen-bond acceptors (Lipinski definition) is 2. The Kier molecular flexibility index (Phi) is 3.18. The van der Waals surface area contributed by atoms with Gasteiger partial charge < -0.3 is 11.1 Å². The minimum Gasteiger partial charge on any atom is -0.323 e. The van der Waals surface area contributed by atoms with Crippen LogP contribution < -0.4 is 11.1 Å². The van der Waals surface area contributed by atoms with E-state index in [-0.39, 0.29) is 5.91 Å². The largest absolute Gasteiger partial charge is 0.323 e. The molecule has 0 saturated carbocycles. The number of benzene rings is 2. The molecule has 3 rings (SSSR count). The van der Waals surface area contributed by atoms with Crippen molar-refractivity contribution in [3.05, 3.63) is 62.6 Å². The number of nitrogens with two attached hydrogens (primary N) is 1. The molecule has 102 valence electrons. The molecule has 2 aromatic carbocycles. The third-order valence-corrected chi connectivity index (χ3v) is 4.12. The second-order valence-electron chi connectivity index (χ2n) is 4.58. The summed E-state index contributed by atoms with van der Waals surface area (Å²) in [6, 6.07) is 9.98. The standard InChI is InChI=1S/C14H9Cl3N2O/c15-8-3-1-7(2-4-8)14(18)12-10(17)5-9(16)6-11(12)19-13(14)20/h1-6H,18H2,(H,19,20). The van der Waals surface area contributed by atoms with Crippen molar-refractivity contribution in [2.75, 3.05) is 5.32 Å². The zero-order chi connectivity index (χ0) is 14.5. The Morgan fingerprint density at radius 1 is 1.00 bits per heavy atom. The van der Waals surface area contributed by atoms with E-state index in [1.54, 1.807) is 36.4 Å². The number of rotatable bonds is 1. The van der Waals surface area contributed by atoms with E-state index in [0.717, 1.165) is 0 Å². The van der Waals surface area contributed by atoms with Gasteiger partial charge in [0.1, 0.15) is 0 Å². The fourth-order valence-electron chi connectivity index (χ4n) is 2.40. The lowest BCUT2D eigenvalue weighted by molar-refractivity contribution is -0.119. The van der Waals surface area contributed by atoms with Crippen molar-refractivity contribution < 1.29 is 4.79 Å². The van der Waals surface area contributed by atoms with Gasteiger partial charge in [-0.05, 0) is 29.8 Å². The van der Waals surface area contributed by atoms with Crippen molar-refractivity contribution in [3.8, 4) is 0 Å². The molecule has 1 atom stereocenters. The molecule has 0 saturated heterocycles. The number of nitrogens with one attached hydrogen (secondary N) is 1. The number of amides is 1. The van der Waals surface area contributed by atoms with Crippen LogP contribution in [0.15, 0.2) is 36.4 Å². The molecule has 0 aliphatic carbocycles. The van der Waals surface area contributed by atoms with Gasteiger partial charge in [-0.15, -0.1) is 0 Å². The monoisotopic (exact) mass is 326 g/mol. The van der Waals surface area contributed by atoms with Crippen LogP contribution in [-0.2, 0) is 10.3 Å². The third kappa shape index (κ3) is 1.90. The average molecular weight is 328 g/mol. The first-order valence-corrected chi connectivity index (χ1v) is 6.92. The van der Waals surface area contributed by atoms with Crippen LogP contribution in [0.4, 0.5) is 5.69 Å². The summed E-state index contributed by atoms with van der Waals surface area (Å²) in [4.78, 5) is 12.3. The highest BCUT2D eigenvalue weighted by atomic mass is 35.5. The van der Waals surface area contributed by atoms with Crippen LogP contribution in [0.3, 0.4) is 0 Å². The predicted octanol–water partition coefficient (Wildman–Crippen LogP) is 3.80. The average Bonchev–Trinajstić information content (AvgIpc) is 2.62. The molecule has 3 nitrogen and oxygen atoms in total. The molecule has 0 fully saturated rings. The van der Waals surface area contributed by atoms with Crippen LogP contribution in [0.25, 0.3) is 0 Å². The zero-order valence-electron chi connectivity index (χ0n) is 10.1. The van der Waals surface area contributed by atoms with Gasteiger partial charge in [0.2, 0.25) is 0 Å². The molecule has 1 unspecified atom stereocenters. The fraction of sp³-hybridized carbons (Fsp3) is 0.0714. The molecule has 1 aliphatic heterocycles. The maximum absolute atomic E-state index is 12.3. The Hall–Kier alpha value is -1.26. The lowest BCUT2D eigenvalue weighted by atomic mass is 9.85. The third-order valence-electron chi connectivity index (χ3n) is 3.36. The topological polar surface area (TPSA) is 55.1 Å². The van der Waals surface area contributed by atoms with Crippen molar-refractivity contribution in [2.45, 2.75) is 5.54 Å². The molecule has 3 N–H and O–H groups in total. The van der Waals surface area contributed by atoms with Crippen LogP contribution in [0, 0.1) is 0 Å². The Bertz CT molecular complexity index is 715. The summed E-state index contributed by atoms with van der Waals surface area (Å²) in [5, 5.41) is 4.07. The minimum atomic E-state index is -1.35. The van der Waals surface area contributed by atoms with Gasteiger partial charge in [-0.2, -0.15) is 0 Å². The van der Waals surface area contributed by atoms with Gasteiger partial charge in [-0.3, -0.25) is 4.79 Å². The highest BCUT2D eigenvalue weighted by Crippen LogP contribution is 2.44. The first-order valence-electron chi connectivity index (χ1n) is 5.79. The van der Waals surface area contributed by atoms with Crippen molar-refractivity contribution in [2.24, 2.45) is 5.73 Å². The Balaban J connectivity index is 2.25. The lowest BCUT2D eigenvalue weighted by Crippen LogP contribution is -2.44. The summed E-state index contributed by atoms with van der Waals surface area (Å²) in [6.07, 6.45) is 0. The molecule has 0 bridgehead atoms. The van der Waals surface area contributed by atoms with Gasteiger partial charge in [-0.1, -0.05) is 46.9 Å². The number of halogens is 3. The molecule has 0 radical (unpaired) electrons. The Labute approximate surface area is 130 Å². The van der Waals surface area contributed by atoms with E-state index in [4.69, 9.17) is 40.5 Å². The molecule has 1 heterocycles. The number of hydrogen-bond donors (Lipinski definition) is 2. The summed E-state index contributed by atoms with van der Waals surface area (Å²) in [5.41, 5.74) is 6.68. The quantitative estimate of drug-likeness (QED) is 0.837. The van der Waals surface area contributed by atoms with Gasteiger partial charge in [0.15, 0.2) is 5.54 Å². The van der Waals surface area contributed by atoms with Gasteiger partial charge in [-0.25, -0.2) is 0 Å². The molecule has 6 heteroatoms. The Morgan fingerprint density at radius 2 is 1.65 bits per heavy atom. The molecule has 20 heavy (non-hydrogen) atoms. The van der Waals surface area contributed by atoms with E-state index in [2.05, 4.69) is 5.32 Å². The van der Waals surface area contributed by atoms with Crippen molar-refractivity contribution >= 4 is 46.4 Å². The maximum Gasteiger partial charge on any atom is 0.253 e. The predicted molar refractivity (Wildman–Crippen MR) is 81.5 cm³/mol. The molecule has 0 spiro atoms.